The smallest absolute Gasteiger partial charge is 0.354 e. The van der Waals surface area contributed by atoms with E-state index in [-0.39, 0.29) is 5.69 Å². The van der Waals surface area contributed by atoms with Crippen molar-refractivity contribution in [2.45, 2.75) is 13.0 Å². The van der Waals surface area contributed by atoms with Gasteiger partial charge in [-0.3, -0.25) is 0 Å². The van der Waals surface area contributed by atoms with Crippen LogP contribution in [0.15, 0.2) is 36.4 Å². The molecular weight excluding hydrogens is 254 g/mol. The van der Waals surface area contributed by atoms with E-state index < -0.39 is 5.97 Å². The largest absolute Gasteiger partial charge is 0.477 e. The van der Waals surface area contributed by atoms with Gasteiger partial charge in [0.15, 0.2) is 11.5 Å². The van der Waals surface area contributed by atoms with Crippen LogP contribution in [0.5, 0.6) is 0 Å². The van der Waals surface area contributed by atoms with E-state index in [1.807, 2.05) is 17.0 Å². The number of carboxylic acid groups (broad SMARTS) is 1. The number of hydrogen-bond acceptors (Lipinski definition) is 4. The Balaban J connectivity index is 1.95. The van der Waals surface area contributed by atoms with Crippen molar-refractivity contribution in [3.63, 3.8) is 0 Å². The topological polar surface area (TPSA) is 79.5 Å². The first-order valence-corrected chi connectivity index (χ1v) is 6.46. The van der Waals surface area contributed by atoms with Crippen LogP contribution in [0.4, 0.5) is 11.5 Å². The Morgan fingerprint density at radius 2 is 1.95 bits per heavy atom. The van der Waals surface area contributed by atoms with Crippen LogP contribution in [0.2, 0.25) is 0 Å². The molecule has 0 spiro atoms. The van der Waals surface area contributed by atoms with Gasteiger partial charge < -0.3 is 15.7 Å². The van der Waals surface area contributed by atoms with E-state index in [1.54, 1.807) is 6.07 Å². The normalized spacial score (nSPS) is 13.9. The molecule has 1 aromatic carbocycles. The Kier molecular flexibility index (Phi) is 3.02. The Labute approximate surface area is 116 Å². The summed E-state index contributed by atoms with van der Waals surface area (Å²) in [5.74, 6) is -0.483. The number of rotatable bonds is 2. The number of fused-ring (bicyclic) bond motifs is 1. The molecule has 0 bridgehead atoms. The molecule has 0 unspecified atom stereocenters. The van der Waals surface area contributed by atoms with E-state index >= 15 is 0 Å². The van der Waals surface area contributed by atoms with Gasteiger partial charge in [-0.2, -0.15) is 0 Å². The van der Waals surface area contributed by atoms with Crippen molar-refractivity contribution in [2.24, 2.45) is 0 Å². The summed E-state index contributed by atoms with van der Waals surface area (Å²) < 4.78 is 0. The zero-order chi connectivity index (χ0) is 14.1. The summed E-state index contributed by atoms with van der Waals surface area (Å²) in [4.78, 5) is 17.2. The maximum atomic E-state index is 11.0. The fraction of sp³-hybridized carbons (Fsp3) is 0.200. The van der Waals surface area contributed by atoms with Gasteiger partial charge in [0.1, 0.15) is 0 Å². The van der Waals surface area contributed by atoms with E-state index in [4.69, 9.17) is 10.8 Å². The Morgan fingerprint density at radius 3 is 2.70 bits per heavy atom. The van der Waals surface area contributed by atoms with Crippen molar-refractivity contribution in [2.75, 3.05) is 17.2 Å². The molecule has 5 nitrogen and oxygen atoms in total. The highest BCUT2D eigenvalue weighted by molar-refractivity contribution is 5.87. The zero-order valence-electron chi connectivity index (χ0n) is 10.9. The molecule has 0 atom stereocenters. The van der Waals surface area contributed by atoms with E-state index in [1.165, 1.54) is 17.2 Å². The van der Waals surface area contributed by atoms with Crippen LogP contribution in [0.1, 0.15) is 21.6 Å². The lowest BCUT2D eigenvalue weighted by Gasteiger charge is -2.30. The molecule has 0 saturated carbocycles. The zero-order valence-corrected chi connectivity index (χ0v) is 10.9. The van der Waals surface area contributed by atoms with Crippen molar-refractivity contribution < 1.29 is 9.90 Å². The molecule has 2 heterocycles. The minimum atomic E-state index is -1.04. The highest BCUT2D eigenvalue weighted by Crippen LogP contribution is 2.27. The van der Waals surface area contributed by atoms with E-state index in [0.717, 1.165) is 13.0 Å². The van der Waals surface area contributed by atoms with E-state index in [9.17, 15) is 4.79 Å². The average molecular weight is 269 g/mol. The van der Waals surface area contributed by atoms with Gasteiger partial charge in [-0.05, 0) is 29.7 Å². The standard InChI is InChI=1S/C15H15N3O2/c16-12-5-6-13(15(19)20)17-14(12)18-8-7-10-3-1-2-4-11(10)9-18/h1-6H,7-9,16H2,(H,19,20). The first-order chi connectivity index (χ1) is 9.65. The second-order valence-electron chi connectivity index (χ2n) is 4.85. The first kappa shape index (κ1) is 12.5. The predicted octanol–water partition coefficient (Wildman–Crippen LogP) is 1.92. The van der Waals surface area contributed by atoms with Crippen LogP contribution in [0, 0.1) is 0 Å². The van der Waals surface area contributed by atoms with Crippen LogP contribution >= 0.6 is 0 Å². The molecule has 1 aromatic heterocycles. The Bertz CT molecular complexity index is 670. The van der Waals surface area contributed by atoms with Crippen molar-refractivity contribution in [3.05, 3.63) is 53.2 Å². The van der Waals surface area contributed by atoms with Crippen molar-refractivity contribution in [3.8, 4) is 0 Å². The molecule has 0 fully saturated rings. The van der Waals surface area contributed by atoms with Crippen LogP contribution < -0.4 is 10.6 Å². The van der Waals surface area contributed by atoms with Gasteiger partial charge in [0.05, 0.1) is 5.69 Å². The maximum Gasteiger partial charge on any atom is 0.354 e. The van der Waals surface area contributed by atoms with Gasteiger partial charge in [-0.25, -0.2) is 9.78 Å². The minimum Gasteiger partial charge on any atom is -0.477 e. The molecule has 20 heavy (non-hydrogen) atoms. The Hall–Kier alpha value is -2.56. The molecule has 0 radical (unpaired) electrons. The molecule has 1 aliphatic rings. The number of pyridine rings is 1. The lowest BCUT2D eigenvalue weighted by atomic mass is 10.00. The molecular formula is C15H15N3O2. The lowest BCUT2D eigenvalue weighted by molar-refractivity contribution is 0.0690. The van der Waals surface area contributed by atoms with Gasteiger partial charge in [0, 0.05) is 13.1 Å². The number of nitrogens with two attached hydrogens (primary N) is 1. The fourth-order valence-electron chi connectivity index (χ4n) is 2.51. The van der Waals surface area contributed by atoms with Gasteiger partial charge in [0.2, 0.25) is 0 Å². The molecule has 102 valence electrons. The first-order valence-electron chi connectivity index (χ1n) is 6.46. The molecule has 0 aliphatic carbocycles. The third-order valence-electron chi connectivity index (χ3n) is 3.55. The molecule has 3 rings (SSSR count). The van der Waals surface area contributed by atoms with Gasteiger partial charge in [-0.15, -0.1) is 0 Å². The second-order valence-corrected chi connectivity index (χ2v) is 4.85. The quantitative estimate of drug-likeness (QED) is 0.870. The highest BCUT2D eigenvalue weighted by atomic mass is 16.4. The van der Waals surface area contributed by atoms with Crippen LogP contribution in [0.25, 0.3) is 0 Å². The van der Waals surface area contributed by atoms with Crippen molar-refractivity contribution >= 4 is 17.5 Å². The number of aromatic carboxylic acids is 1. The number of carbonyl (C=O) groups is 1. The molecule has 5 heteroatoms. The number of nitrogens with zero attached hydrogens (tertiary/aromatic N) is 2. The van der Waals surface area contributed by atoms with E-state index in [0.29, 0.717) is 18.1 Å². The molecule has 1 aliphatic heterocycles. The monoisotopic (exact) mass is 269 g/mol. The number of hydrogen-bond donors (Lipinski definition) is 2. The van der Waals surface area contributed by atoms with Gasteiger partial charge in [-0.1, -0.05) is 24.3 Å². The molecule has 2 aromatic rings. The fourth-order valence-corrected chi connectivity index (χ4v) is 2.51. The lowest BCUT2D eigenvalue weighted by Crippen LogP contribution is -2.32. The van der Waals surface area contributed by atoms with Crippen molar-refractivity contribution in [1.29, 1.82) is 0 Å². The highest BCUT2D eigenvalue weighted by Gasteiger charge is 2.20. The van der Waals surface area contributed by atoms with Crippen LogP contribution in [0.3, 0.4) is 0 Å². The maximum absolute atomic E-state index is 11.0. The molecule has 0 saturated heterocycles. The number of aromatic nitrogens is 1. The summed E-state index contributed by atoms with van der Waals surface area (Å²) >= 11 is 0. The van der Waals surface area contributed by atoms with Crippen molar-refractivity contribution in [1.82, 2.24) is 4.98 Å². The van der Waals surface area contributed by atoms with Gasteiger partial charge >= 0.3 is 5.97 Å². The van der Waals surface area contributed by atoms with Crippen LogP contribution in [-0.4, -0.2) is 22.6 Å². The van der Waals surface area contributed by atoms with Crippen LogP contribution in [-0.2, 0) is 13.0 Å². The summed E-state index contributed by atoms with van der Waals surface area (Å²) in [7, 11) is 0. The SMILES string of the molecule is Nc1ccc(C(=O)O)nc1N1CCc2ccccc2C1. The number of anilines is 2. The second kappa shape index (κ2) is 4.85. The summed E-state index contributed by atoms with van der Waals surface area (Å²) in [6.07, 6.45) is 0.911. The number of nitrogen functional groups attached to an aromatic ring is 1. The summed E-state index contributed by atoms with van der Waals surface area (Å²) in [6.45, 7) is 1.49. The third-order valence-corrected chi connectivity index (χ3v) is 3.55. The average Bonchev–Trinajstić information content (AvgIpc) is 2.47. The number of benzene rings is 1. The van der Waals surface area contributed by atoms with E-state index in [2.05, 4.69) is 17.1 Å². The predicted molar refractivity (Wildman–Crippen MR) is 76.8 cm³/mol. The van der Waals surface area contributed by atoms with Gasteiger partial charge in [0.25, 0.3) is 0 Å². The molecule has 3 N–H and O–H groups in total. The third kappa shape index (κ3) is 2.18. The summed E-state index contributed by atoms with van der Waals surface area (Å²) in [5.41, 5.74) is 9.04. The number of carboxylic acids is 1. The summed E-state index contributed by atoms with van der Waals surface area (Å²) in [6, 6.07) is 11.3. The Morgan fingerprint density at radius 1 is 1.20 bits per heavy atom. The molecule has 0 amide bonds. The minimum absolute atomic E-state index is 0.0214. The summed E-state index contributed by atoms with van der Waals surface area (Å²) in [5, 5.41) is 9.03.